The first-order chi connectivity index (χ1) is 2.43. The average Bonchev–Trinajstić information content (AvgIpc) is 2.12. The highest BCUT2D eigenvalue weighted by Gasteiger charge is 2.07. The zero-order chi connectivity index (χ0) is 3.70. The molecule has 1 aliphatic rings. The van der Waals surface area contributed by atoms with Gasteiger partial charge in [-0.25, -0.2) is 0 Å². The average molecular weight is 133 g/mol. The van der Waals surface area contributed by atoms with E-state index in [0.717, 1.165) is 0 Å². The monoisotopic (exact) mass is 132 g/mol. The van der Waals surface area contributed by atoms with Crippen LogP contribution in [0, 0.1) is 0 Å². The molecule has 0 nitrogen and oxygen atoms in total. The Bertz CT molecular complexity index is 58.0. The van der Waals surface area contributed by atoms with Crippen LogP contribution in [0.3, 0.4) is 0 Å². The molecule has 1 aliphatic carbocycles. The summed E-state index contributed by atoms with van der Waals surface area (Å²) in [6.07, 6.45) is 2.65. The lowest BCUT2D eigenvalue weighted by atomic mass is 10.7. The number of hydrogen-bond acceptors (Lipinski definition) is 0. The number of halogens is 1. The lowest BCUT2D eigenvalue weighted by molar-refractivity contribution is 1.50. The van der Waals surface area contributed by atoms with Crippen molar-refractivity contribution >= 4 is 15.9 Å². The summed E-state index contributed by atoms with van der Waals surface area (Å²) in [6, 6.07) is 0. The molecule has 0 amide bonds. The van der Waals surface area contributed by atoms with Gasteiger partial charge >= 0.3 is 0 Å². The van der Waals surface area contributed by atoms with Crippen molar-refractivity contribution in [2.24, 2.45) is 0 Å². The molecule has 0 unspecified atom stereocenters. The highest BCUT2D eigenvalue weighted by atomic mass is 79.9. The summed E-state index contributed by atoms with van der Waals surface area (Å²) in [5, 5.41) is 0. The van der Waals surface area contributed by atoms with Crippen molar-refractivity contribution in [3.05, 3.63) is 10.6 Å². The van der Waals surface area contributed by atoms with Crippen LogP contribution < -0.4 is 0 Å². The third kappa shape index (κ3) is 0.763. The molecule has 1 rings (SSSR count). The molecule has 1 heteroatoms. The summed E-state index contributed by atoms with van der Waals surface area (Å²) in [7, 11) is 0. The fraction of sp³-hybridized carbons (Fsp3) is 0.500. The van der Waals surface area contributed by atoms with Crippen molar-refractivity contribution in [2.75, 3.05) is 0 Å². The van der Waals surface area contributed by atoms with Gasteiger partial charge in [0.15, 0.2) is 0 Å². The number of allylic oxidation sites excluding steroid dienone is 1. The van der Waals surface area contributed by atoms with Crippen molar-refractivity contribution < 1.29 is 0 Å². The summed E-state index contributed by atoms with van der Waals surface area (Å²) in [5.74, 6) is 0. The first kappa shape index (κ1) is 3.41. The van der Waals surface area contributed by atoms with E-state index in [0.29, 0.717) is 0 Å². The molecule has 0 saturated heterocycles. The van der Waals surface area contributed by atoms with Crippen LogP contribution in [-0.2, 0) is 0 Å². The molecule has 0 aromatic carbocycles. The molecule has 28 valence electrons. The van der Waals surface area contributed by atoms with Gasteiger partial charge < -0.3 is 0 Å². The fourth-order valence-corrected chi connectivity index (χ4v) is 0.639. The molecule has 0 heterocycles. The fourth-order valence-electron chi connectivity index (χ4n) is 0.181. The lowest BCUT2D eigenvalue weighted by Gasteiger charge is -1.50. The topological polar surface area (TPSA) is 0 Å². The number of rotatable bonds is 0. The Morgan fingerprint density at radius 1 is 1.60 bits per heavy atom. The van der Waals surface area contributed by atoms with Crippen molar-refractivity contribution in [3.63, 3.8) is 0 Å². The van der Waals surface area contributed by atoms with E-state index in [9.17, 15) is 0 Å². The van der Waals surface area contributed by atoms with E-state index in [-0.39, 0.29) is 0 Å². The summed E-state index contributed by atoms with van der Waals surface area (Å²) in [6.45, 7) is 0. The van der Waals surface area contributed by atoms with Gasteiger partial charge in [0, 0.05) is 0 Å². The Balaban J connectivity index is 2.46. The summed E-state index contributed by atoms with van der Waals surface area (Å²) >= 11 is 3.21. The van der Waals surface area contributed by atoms with Crippen LogP contribution in [0.15, 0.2) is 10.6 Å². The van der Waals surface area contributed by atoms with E-state index in [1.807, 2.05) is 4.99 Å². The van der Waals surface area contributed by atoms with Crippen molar-refractivity contribution in [3.8, 4) is 0 Å². The standard InChI is InChI=1S/C4H5Br/c5-3-4-1-2-4/h3H,1-2H2. The third-order valence-electron chi connectivity index (χ3n) is 0.693. The normalized spacial score (nSPS) is 19.0. The Hall–Kier alpha value is 0.220. The molecule has 5 heavy (non-hydrogen) atoms. The van der Waals surface area contributed by atoms with Crippen LogP contribution in [0.25, 0.3) is 0 Å². The van der Waals surface area contributed by atoms with Crippen LogP contribution in [-0.4, -0.2) is 0 Å². The van der Waals surface area contributed by atoms with E-state index < -0.39 is 0 Å². The second kappa shape index (κ2) is 1.13. The maximum atomic E-state index is 3.21. The summed E-state index contributed by atoms with van der Waals surface area (Å²) in [4.78, 5) is 2.01. The van der Waals surface area contributed by atoms with Gasteiger partial charge in [0.25, 0.3) is 0 Å². The zero-order valence-electron chi connectivity index (χ0n) is 2.87. The van der Waals surface area contributed by atoms with Crippen LogP contribution in [0.5, 0.6) is 0 Å². The summed E-state index contributed by atoms with van der Waals surface area (Å²) in [5.41, 5.74) is 1.55. The molecule has 0 aliphatic heterocycles. The minimum atomic E-state index is 1.32. The molecule has 0 spiro atoms. The van der Waals surface area contributed by atoms with Gasteiger partial charge in [-0.2, -0.15) is 0 Å². The smallest absolute Gasteiger partial charge is 0.0197 e. The van der Waals surface area contributed by atoms with E-state index in [1.54, 1.807) is 5.57 Å². The predicted molar refractivity (Wildman–Crippen MR) is 26.2 cm³/mol. The summed E-state index contributed by atoms with van der Waals surface area (Å²) < 4.78 is 0. The van der Waals surface area contributed by atoms with Crippen molar-refractivity contribution in [1.29, 1.82) is 0 Å². The molecule has 0 atom stereocenters. The van der Waals surface area contributed by atoms with Gasteiger partial charge in [-0.3, -0.25) is 0 Å². The number of hydrogen-bond donors (Lipinski definition) is 0. The van der Waals surface area contributed by atoms with Crippen LogP contribution in [0.1, 0.15) is 12.8 Å². The van der Waals surface area contributed by atoms with Gasteiger partial charge in [-0.05, 0) is 17.8 Å². The minimum absolute atomic E-state index is 1.32. The van der Waals surface area contributed by atoms with Crippen molar-refractivity contribution in [1.82, 2.24) is 0 Å². The van der Waals surface area contributed by atoms with Gasteiger partial charge in [0.2, 0.25) is 0 Å². The van der Waals surface area contributed by atoms with E-state index in [1.165, 1.54) is 12.8 Å². The largest absolute Gasteiger partial charge is 0.0627 e. The Morgan fingerprint density at radius 2 is 2.20 bits per heavy atom. The first-order valence-corrected chi connectivity index (χ1v) is 2.63. The van der Waals surface area contributed by atoms with Gasteiger partial charge in [0.1, 0.15) is 0 Å². The van der Waals surface area contributed by atoms with Gasteiger partial charge in [-0.1, -0.05) is 21.5 Å². The lowest BCUT2D eigenvalue weighted by Crippen LogP contribution is -1.23. The third-order valence-corrected chi connectivity index (χ3v) is 1.34. The van der Waals surface area contributed by atoms with Crippen LogP contribution >= 0.6 is 15.9 Å². The molecular formula is C4H5Br. The molecule has 0 bridgehead atoms. The zero-order valence-corrected chi connectivity index (χ0v) is 4.46. The van der Waals surface area contributed by atoms with Crippen LogP contribution in [0.4, 0.5) is 0 Å². The Kier molecular flexibility index (Phi) is 0.772. The van der Waals surface area contributed by atoms with Crippen molar-refractivity contribution in [2.45, 2.75) is 12.8 Å². The predicted octanol–water partition coefficient (Wildman–Crippen LogP) is 2.06. The van der Waals surface area contributed by atoms with Crippen LogP contribution in [0.2, 0.25) is 0 Å². The Labute approximate surface area is 40.0 Å². The molecule has 0 aromatic rings. The maximum absolute atomic E-state index is 3.21. The quantitative estimate of drug-likeness (QED) is 0.474. The Morgan fingerprint density at radius 3 is 2.20 bits per heavy atom. The second-order valence-corrected chi connectivity index (χ2v) is 1.73. The first-order valence-electron chi connectivity index (χ1n) is 1.71. The molecule has 1 saturated carbocycles. The molecule has 0 aromatic heterocycles. The molecular weight excluding hydrogens is 128 g/mol. The SMILES string of the molecule is BrC=C1CC1. The van der Waals surface area contributed by atoms with E-state index >= 15 is 0 Å². The second-order valence-electron chi connectivity index (χ2n) is 1.27. The molecule has 0 radical (unpaired) electrons. The minimum Gasteiger partial charge on any atom is -0.0627 e. The molecule has 1 fully saturated rings. The van der Waals surface area contributed by atoms with E-state index in [4.69, 9.17) is 0 Å². The highest BCUT2D eigenvalue weighted by Crippen LogP contribution is 2.28. The molecule has 0 N–H and O–H groups in total. The van der Waals surface area contributed by atoms with E-state index in [2.05, 4.69) is 15.9 Å². The van der Waals surface area contributed by atoms with Gasteiger partial charge in [0.05, 0.1) is 0 Å². The van der Waals surface area contributed by atoms with Gasteiger partial charge in [-0.15, -0.1) is 0 Å². The highest BCUT2D eigenvalue weighted by molar-refractivity contribution is 9.11. The maximum Gasteiger partial charge on any atom is -0.0197 e.